The van der Waals surface area contributed by atoms with E-state index in [0.29, 0.717) is 12.8 Å². The highest BCUT2D eigenvalue weighted by Gasteiger charge is 2.47. The highest BCUT2D eigenvalue weighted by Crippen LogP contribution is 2.26. The van der Waals surface area contributed by atoms with E-state index in [1.807, 2.05) is 6.08 Å². The minimum atomic E-state index is -1.63. The van der Waals surface area contributed by atoms with Gasteiger partial charge in [-0.3, -0.25) is 9.59 Å². The summed E-state index contributed by atoms with van der Waals surface area (Å²) in [5.74, 6) is -1.25. The van der Waals surface area contributed by atoms with E-state index < -0.39 is 67.4 Å². The second-order valence-corrected chi connectivity index (χ2v) is 19.6. The lowest BCUT2D eigenvalue weighted by Gasteiger charge is -2.41. The van der Waals surface area contributed by atoms with Crippen molar-refractivity contribution in [2.45, 2.75) is 275 Å². The number of carbonyl (C=O) groups excluding carboxylic acids is 2. The molecule has 11 nitrogen and oxygen atoms in total. The topological polar surface area (TPSA) is 175 Å². The zero-order chi connectivity index (χ0) is 52.5. The Hall–Kier alpha value is -3.16. The normalized spacial score (nSPS) is 20.1. The first kappa shape index (κ1) is 66.9. The molecule has 1 rings (SSSR count). The van der Waals surface area contributed by atoms with E-state index in [1.165, 1.54) is 83.5 Å². The Balaban J connectivity index is 2.77. The second kappa shape index (κ2) is 48.8. The van der Waals surface area contributed by atoms with Gasteiger partial charge < -0.3 is 45.1 Å². The predicted octanol–water partition coefficient (Wildman–Crippen LogP) is 13.0. The first-order valence-electron chi connectivity index (χ1n) is 28.9. The number of esters is 1. The molecule has 0 aromatic heterocycles. The number of nitrogens with one attached hydrogen (secondary N) is 1. The predicted molar refractivity (Wildman–Crippen MR) is 296 cm³/mol. The van der Waals surface area contributed by atoms with Gasteiger partial charge in [-0.2, -0.15) is 0 Å². The summed E-state index contributed by atoms with van der Waals surface area (Å²) in [6.07, 6.45) is 52.0. The summed E-state index contributed by atoms with van der Waals surface area (Å²) in [6, 6.07) is -1.05. The molecule has 8 atom stereocenters. The Labute approximate surface area is 438 Å². The van der Waals surface area contributed by atoms with Crippen LogP contribution >= 0.6 is 0 Å². The zero-order valence-corrected chi connectivity index (χ0v) is 45.5. The lowest BCUT2D eigenvalue weighted by Crippen LogP contribution is -2.61. The standard InChI is InChI=1S/C61H105NO10/c1-4-7-10-13-16-19-22-25-26-27-28-29-31-33-36-39-42-45-48-54(65)60(69)62-52(53(64)47-44-41-38-35-32-24-21-18-15-12-9-6-3)51-70-61-59(58(68)57(67)55(50-63)71-61)72-56(66)49-46-43-40-37-34-30-23-20-17-14-11-8-5-2/h7,10,16,19,25-26,28-30,33-34,36,44,47,52-55,57-59,61,63-65,67-68H,4-6,8-9,11-15,17-18,20-24,27,31-32,35,37-43,45-46,48-51H2,1-3H3,(H,62,69)/b10-7-,19-16-,26-25-,29-28-,34-30-,36-33-,47-44+. The number of rotatable bonds is 47. The molecule has 1 aliphatic heterocycles. The van der Waals surface area contributed by atoms with Gasteiger partial charge in [-0.1, -0.05) is 209 Å². The number of hydrogen-bond donors (Lipinski definition) is 6. The molecular formula is C61H105NO10. The molecule has 0 aromatic rings. The van der Waals surface area contributed by atoms with Crippen molar-refractivity contribution in [2.75, 3.05) is 13.2 Å². The van der Waals surface area contributed by atoms with Gasteiger partial charge in [0.2, 0.25) is 5.91 Å². The van der Waals surface area contributed by atoms with Gasteiger partial charge in [0.1, 0.15) is 24.4 Å². The van der Waals surface area contributed by atoms with E-state index in [2.05, 4.69) is 99.0 Å². The second-order valence-electron chi connectivity index (χ2n) is 19.6. The van der Waals surface area contributed by atoms with Crippen LogP contribution in [0.5, 0.6) is 0 Å². The number of aliphatic hydroxyl groups excluding tert-OH is 5. The van der Waals surface area contributed by atoms with Crippen LogP contribution in [-0.2, 0) is 23.8 Å². The van der Waals surface area contributed by atoms with E-state index in [-0.39, 0.29) is 19.4 Å². The summed E-state index contributed by atoms with van der Waals surface area (Å²) in [7, 11) is 0. The molecule has 0 aromatic carbocycles. The van der Waals surface area contributed by atoms with Crippen molar-refractivity contribution < 1.29 is 49.3 Å². The fourth-order valence-corrected chi connectivity index (χ4v) is 8.44. The summed E-state index contributed by atoms with van der Waals surface area (Å²) in [4.78, 5) is 26.4. The van der Waals surface area contributed by atoms with Crippen molar-refractivity contribution in [3.8, 4) is 0 Å². The van der Waals surface area contributed by atoms with Gasteiger partial charge in [0.05, 0.1) is 25.4 Å². The molecule has 1 amide bonds. The van der Waals surface area contributed by atoms with E-state index in [4.69, 9.17) is 14.2 Å². The number of unbranched alkanes of at least 4 members (excludes halogenated alkanes) is 21. The molecule has 72 heavy (non-hydrogen) atoms. The lowest BCUT2D eigenvalue weighted by molar-refractivity contribution is -0.305. The third kappa shape index (κ3) is 36.7. The number of hydrogen-bond acceptors (Lipinski definition) is 10. The van der Waals surface area contributed by atoms with Gasteiger partial charge in [-0.25, -0.2) is 0 Å². The maximum atomic E-state index is 13.4. The summed E-state index contributed by atoms with van der Waals surface area (Å²) in [5.41, 5.74) is 0. The number of aliphatic hydroxyl groups is 5. The smallest absolute Gasteiger partial charge is 0.306 e. The van der Waals surface area contributed by atoms with Gasteiger partial charge in [-0.15, -0.1) is 0 Å². The van der Waals surface area contributed by atoms with Crippen LogP contribution in [-0.4, -0.2) is 99.6 Å². The quantitative estimate of drug-likeness (QED) is 0.0196. The molecule has 0 radical (unpaired) electrons. The molecule has 1 fully saturated rings. The van der Waals surface area contributed by atoms with E-state index in [9.17, 15) is 35.1 Å². The molecule has 1 heterocycles. The lowest BCUT2D eigenvalue weighted by atomic mass is 9.99. The molecule has 6 N–H and O–H groups in total. The largest absolute Gasteiger partial charge is 0.454 e. The van der Waals surface area contributed by atoms with Crippen LogP contribution in [0.4, 0.5) is 0 Å². The Bertz CT molecular complexity index is 1490. The van der Waals surface area contributed by atoms with Crippen LogP contribution in [0.25, 0.3) is 0 Å². The molecule has 0 bridgehead atoms. The summed E-state index contributed by atoms with van der Waals surface area (Å²) < 4.78 is 17.5. The molecule has 8 unspecified atom stereocenters. The van der Waals surface area contributed by atoms with Crippen molar-refractivity contribution in [1.29, 1.82) is 0 Å². The third-order valence-electron chi connectivity index (χ3n) is 13.0. The van der Waals surface area contributed by atoms with Crippen molar-refractivity contribution in [3.63, 3.8) is 0 Å². The Morgan fingerprint density at radius 2 is 1.00 bits per heavy atom. The molecular weight excluding hydrogens is 907 g/mol. The van der Waals surface area contributed by atoms with E-state index in [0.717, 1.165) is 96.3 Å². The van der Waals surface area contributed by atoms with Crippen molar-refractivity contribution in [2.24, 2.45) is 0 Å². The van der Waals surface area contributed by atoms with Gasteiger partial charge >= 0.3 is 5.97 Å². The molecule has 0 saturated carbocycles. The number of carbonyl (C=O) groups is 2. The third-order valence-corrected chi connectivity index (χ3v) is 13.0. The average Bonchev–Trinajstić information content (AvgIpc) is 3.38. The number of allylic oxidation sites excluding steroid dienone is 13. The van der Waals surface area contributed by atoms with Crippen LogP contribution in [0.3, 0.4) is 0 Å². The van der Waals surface area contributed by atoms with Crippen LogP contribution in [0.2, 0.25) is 0 Å². The van der Waals surface area contributed by atoms with E-state index in [1.54, 1.807) is 6.08 Å². The monoisotopic (exact) mass is 1010 g/mol. The van der Waals surface area contributed by atoms with Crippen LogP contribution in [0.15, 0.2) is 85.1 Å². The van der Waals surface area contributed by atoms with Crippen LogP contribution < -0.4 is 5.32 Å². The Morgan fingerprint density at radius 1 is 0.556 bits per heavy atom. The first-order valence-corrected chi connectivity index (χ1v) is 28.9. The average molecular weight is 1010 g/mol. The van der Waals surface area contributed by atoms with Gasteiger partial charge in [-0.05, 0) is 96.3 Å². The van der Waals surface area contributed by atoms with Crippen molar-refractivity contribution >= 4 is 11.9 Å². The molecule has 0 aliphatic carbocycles. The van der Waals surface area contributed by atoms with Crippen molar-refractivity contribution in [1.82, 2.24) is 5.32 Å². The highest BCUT2D eigenvalue weighted by atomic mass is 16.7. The van der Waals surface area contributed by atoms with Gasteiger partial charge in [0.15, 0.2) is 12.4 Å². The molecule has 1 aliphatic rings. The van der Waals surface area contributed by atoms with E-state index >= 15 is 0 Å². The zero-order valence-electron chi connectivity index (χ0n) is 45.5. The fourth-order valence-electron chi connectivity index (χ4n) is 8.44. The summed E-state index contributed by atoms with van der Waals surface area (Å²) in [5, 5.41) is 56.8. The fraction of sp³-hybridized carbons (Fsp3) is 0.738. The minimum Gasteiger partial charge on any atom is -0.454 e. The SMILES string of the molecule is CC/C=C\C/C=C\C/C=C\C/C=C\C/C=C\CCCCC(O)C(=O)NC(COC1OC(CO)C(O)C(O)C1OC(=O)CCCCC/C=C\CCCCCCCC)C(O)/C=C/CCCCCCCCCCCC. The first-order chi connectivity index (χ1) is 35.2. The highest BCUT2D eigenvalue weighted by molar-refractivity contribution is 5.80. The number of ether oxygens (including phenoxy) is 3. The van der Waals surface area contributed by atoms with Crippen LogP contribution in [0, 0.1) is 0 Å². The Kier molecular flexibility index (Phi) is 45.3. The molecule has 0 spiro atoms. The summed E-state index contributed by atoms with van der Waals surface area (Å²) >= 11 is 0. The molecule has 414 valence electrons. The van der Waals surface area contributed by atoms with Gasteiger partial charge in [0, 0.05) is 6.42 Å². The van der Waals surface area contributed by atoms with Gasteiger partial charge in [0.25, 0.3) is 0 Å². The maximum absolute atomic E-state index is 13.4. The molecule has 1 saturated heterocycles. The maximum Gasteiger partial charge on any atom is 0.306 e. The number of amides is 1. The Morgan fingerprint density at radius 3 is 1.51 bits per heavy atom. The molecule has 11 heteroatoms. The van der Waals surface area contributed by atoms with Crippen molar-refractivity contribution in [3.05, 3.63) is 85.1 Å². The van der Waals surface area contributed by atoms with Crippen LogP contribution in [0.1, 0.15) is 226 Å². The summed E-state index contributed by atoms with van der Waals surface area (Å²) in [6.45, 7) is 5.61. The minimum absolute atomic E-state index is 0.0956.